The van der Waals surface area contributed by atoms with Crippen molar-refractivity contribution < 1.29 is 4.74 Å². The zero-order valence-corrected chi connectivity index (χ0v) is 10.6. The number of methoxy groups -OCH3 is 1. The molecule has 0 unspecified atom stereocenters. The van der Waals surface area contributed by atoms with Gasteiger partial charge < -0.3 is 4.74 Å². The molecule has 0 bridgehead atoms. The summed E-state index contributed by atoms with van der Waals surface area (Å²) in [5, 5.41) is 8.27. The van der Waals surface area contributed by atoms with Crippen LogP contribution < -0.4 is 4.74 Å². The van der Waals surface area contributed by atoms with Gasteiger partial charge in [0.1, 0.15) is 5.75 Å². The minimum atomic E-state index is 0.893. The Morgan fingerprint density at radius 3 is 2.06 bits per heavy atom. The van der Waals surface area contributed by atoms with Gasteiger partial charge in [-0.15, -0.1) is 0 Å². The van der Waals surface area contributed by atoms with E-state index in [1.807, 2.05) is 32.9 Å². The van der Waals surface area contributed by atoms with Crippen molar-refractivity contribution in [3.05, 3.63) is 41.1 Å². The first-order valence-corrected chi connectivity index (χ1v) is 5.57. The fraction of sp³-hybridized carbons (Fsp3) is 0.286. The van der Waals surface area contributed by atoms with Crippen molar-refractivity contribution in [3.8, 4) is 17.0 Å². The van der Waals surface area contributed by atoms with Gasteiger partial charge in [-0.2, -0.15) is 10.2 Å². The highest BCUT2D eigenvalue weighted by molar-refractivity contribution is 5.63. The summed E-state index contributed by atoms with van der Waals surface area (Å²) in [6.45, 7) is 6.01. The molecule has 0 atom stereocenters. The lowest BCUT2D eigenvalue weighted by Gasteiger charge is -2.10. The van der Waals surface area contributed by atoms with Crippen LogP contribution in [0.15, 0.2) is 24.3 Å². The Hall–Kier alpha value is -1.90. The van der Waals surface area contributed by atoms with E-state index in [9.17, 15) is 0 Å². The highest BCUT2D eigenvalue weighted by Crippen LogP contribution is 2.28. The Balaban J connectivity index is 2.50. The number of ether oxygens (including phenoxy) is 1. The maximum atomic E-state index is 5.35. The van der Waals surface area contributed by atoms with Gasteiger partial charge in [0.2, 0.25) is 0 Å². The predicted octanol–water partition coefficient (Wildman–Crippen LogP) is 3.08. The smallest absolute Gasteiger partial charge is 0.124 e. The fourth-order valence-electron chi connectivity index (χ4n) is 1.97. The summed E-state index contributed by atoms with van der Waals surface area (Å²) in [5.74, 6) is 0.939. The van der Waals surface area contributed by atoms with E-state index in [0.29, 0.717) is 0 Å². The standard InChI is InChI=1S/C14H16N2O/c1-9-7-12(8-10(2)14(9)17-4)13-6-5-11(3)15-16-13/h5-8H,1-4H3. The number of nitrogens with zero attached hydrogens (tertiary/aromatic N) is 2. The molecule has 0 saturated heterocycles. The molecule has 0 spiro atoms. The third kappa shape index (κ3) is 2.28. The molecule has 0 N–H and O–H groups in total. The summed E-state index contributed by atoms with van der Waals surface area (Å²) in [6, 6.07) is 8.11. The van der Waals surface area contributed by atoms with Crippen LogP contribution in [0, 0.1) is 20.8 Å². The van der Waals surface area contributed by atoms with Crippen molar-refractivity contribution in [2.45, 2.75) is 20.8 Å². The number of hydrogen-bond donors (Lipinski definition) is 0. The van der Waals surface area contributed by atoms with Crippen LogP contribution in [-0.4, -0.2) is 17.3 Å². The lowest BCUT2D eigenvalue weighted by molar-refractivity contribution is 0.408. The van der Waals surface area contributed by atoms with E-state index in [1.165, 1.54) is 0 Å². The van der Waals surface area contributed by atoms with Crippen molar-refractivity contribution in [2.24, 2.45) is 0 Å². The van der Waals surface area contributed by atoms with Gasteiger partial charge in [-0.05, 0) is 56.2 Å². The van der Waals surface area contributed by atoms with Gasteiger partial charge in [0, 0.05) is 5.56 Å². The van der Waals surface area contributed by atoms with Crippen LogP contribution >= 0.6 is 0 Å². The maximum Gasteiger partial charge on any atom is 0.124 e. The molecule has 3 heteroatoms. The molecule has 0 aliphatic carbocycles. The molecule has 2 rings (SSSR count). The van der Waals surface area contributed by atoms with E-state index in [-0.39, 0.29) is 0 Å². The molecule has 1 aromatic carbocycles. The van der Waals surface area contributed by atoms with E-state index >= 15 is 0 Å². The molecular weight excluding hydrogens is 212 g/mol. The van der Waals surface area contributed by atoms with Crippen molar-refractivity contribution in [1.29, 1.82) is 0 Å². The highest BCUT2D eigenvalue weighted by atomic mass is 16.5. The molecule has 17 heavy (non-hydrogen) atoms. The Bertz CT molecular complexity index is 509. The Labute approximate surface area is 101 Å². The largest absolute Gasteiger partial charge is 0.496 e. The first-order valence-electron chi connectivity index (χ1n) is 5.57. The molecule has 0 amide bonds. The number of rotatable bonds is 2. The monoisotopic (exact) mass is 228 g/mol. The van der Waals surface area contributed by atoms with Crippen LogP contribution in [0.5, 0.6) is 5.75 Å². The van der Waals surface area contributed by atoms with Crippen molar-refractivity contribution in [2.75, 3.05) is 7.11 Å². The van der Waals surface area contributed by atoms with Gasteiger partial charge in [-0.1, -0.05) is 0 Å². The fourth-order valence-corrected chi connectivity index (χ4v) is 1.97. The van der Waals surface area contributed by atoms with Crippen LogP contribution in [0.1, 0.15) is 16.8 Å². The van der Waals surface area contributed by atoms with Crippen LogP contribution in [-0.2, 0) is 0 Å². The molecule has 3 nitrogen and oxygen atoms in total. The topological polar surface area (TPSA) is 35.0 Å². The maximum absolute atomic E-state index is 5.35. The van der Waals surface area contributed by atoms with Gasteiger partial charge in [-0.25, -0.2) is 0 Å². The van der Waals surface area contributed by atoms with Crippen LogP contribution in [0.2, 0.25) is 0 Å². The van der Waals surface area contributed by atoms with E-state index < -0.39 is 0 Å². The van der Waals surface area contributed by atoms with Gasteiger partial charge in [-0.3, -0.25) is 0 Å². The van der Waals surface area contributed by atoms with Gasteiger partial charge in [0.05, 0.1) is 18.5 Å². The number of benzene rings is 1. The van der Waals surface area contributed by atoms with Gasteiger partial charge in [0.25, 0.3) is 0 Å². The molecular formula is C14H16N2O. The molecule has 0 saturated carbocycles. The Kier molecular flexibility index (Phi) is 3.09. The van der Waals surface area contributed by atoms with E-state index in [2.05, 4.69) is 22.3 Å². The minimum absolute atomic E-state index is 0.893. The molecule has 0 aliphatic rings. The summed E-state index contributed by atoms with van der Waals surface area (Å²) < 4.78 is 5.35. The van der Waals surface area contributed by atoms with Crippen molar-refractivity contribution in [1.82, 2.24) is 10.2 Å². The third-order valence-corrected chi connectivity index (χ3v) is 2.76. The Morgan fingerprint density at radius 1 is 0.941 bits per heavy atom. The summed E-state index contributed by atoms with van der Waals surface area (Å²) >= 11 is 0. The number of hydrogen-bond acceptors (Lipinski definition) is 3. The summed E-state index contributed by atoms with van der Waals surface area (Å²) in [5.41, 5.74) is 5.13. The zero-order chi connectivity index (χ0) is 12.4. The number of aryl methyl sites for hydroxylation is 3. The second-order valence-electron chi connectivity index (χ2n) is 4.20. The third-order valence-electron chi connectivity index (χ3n) is 2.76. The Morgan fingerprint density at radius 2 is 1.59 bits per heavy atom. The van der Waals surface area contributed by atoms with E-state index in [1.54, 1.807) is 7.11 Å². The van der Waals surface area contributed by atoms with Crippen LogP contribution in [0.3, 0.4) is 0 Å². The van der Waals surface area contributed by atoms with Crippen LogP contribution in [0.4, 0.5) is 0 Å². The summed E-state index contributed by atoms with van der Waals surface area (Å²) in [4.78, 5) is 0. The quantitative estimate of drug-likeness (QED) is 0.792. The van der Waals surface area contributed by atoms with Gasteiger partial charge in [0.15, 0.2) is 0 Å². The van der Waals surface area contributed by atoms with E-state index in [4.69, 9.17) is 4.74 Å². The lowest BCUT2D eigenvalue weighted by atomic mass is 10.0. The number of aromatic nitrogens is 2. The molecule has 0 radical (unpaired) electrons. The van der Waals surface area contributed by atoms with E-state index in [0.717, 1.165) is 33.8 Å². The predicted molar refractivity (Wildman–Crippen MR) is 68.2 cm³/mol. The average Bonchev–Trinajstić information content (AvgIpc) is 2.29. The van der Waals surface area contributed by atoms with Gasteiger partial charge >= 0.3 is 0 Å². The molecule has 2 aromatic rings. The first-order chi connectivity index (χ1) is 8.11. The molecule has 1 aromatic heterocycles. The second kappa shape index (κ2) is 4.53. The normalized spacial score (nSPS) is 10.4. The first kappa shape index (κ1) is 11.6. The zero-order valence-electron chi connectivity index (χ0n) is 10.6. The summed E-state index contributed by atoms with van der Waals surface area (Å²) in [6.07, 6.45) is 0. The molecule has 0 fully saturated rings. The molecule has 1 heterocycles. The minimum Gasteiger partial charge on any atom is -0.496 e. The lowest BCUT2D eigenvalue weighted by Crippen LogP contribution is -1.94. The SMILES string of the molecule is COc1c(C)cc(-c2ccc(C)nn2)cc1C. The average molecular weight is 228 g/mol. The summed E-state index contributed by atoms with van der Waals surface area (Å²) in [7, 11) is 1.70. The molecule has 0 aliphatic heterocycles. The van der Waals surface area contributed by atoms with Crippen molar-refractivity contribution in [3.63, 3.8) is 0 Å². The molecule has 88 valence electrons. The van der Waals surface area contributed by atoms with Crippen LogP contribution in [0.25, 0.3) is 11.3 Å². The van der Waals surface area contributed by atoms with Crippen molar-refractivity contribution >= 4 is 0 Å². The second-order valence-corrected chi connectivity index (χ2v) is 4.20. The highest BCUT2D eigenvalue weighted by Gasteiger charge is 2.07.